The molecule has 1 amide bonds. The van der Waals surface area contributed by atoms with Crippen molar-refractivity contribution in [2.45, 2.75) is 25.4 Å². The number of aromatic nitrogens is 4. The average molecular weight is 431 g/mol. The predicted molar refractivity (Wildman–Crippen MR) is 122 cm³/mol. The van der Waals surface area contributed by atoms with Crippen LogP contribution in [0.2, 0.25) is 0 Å². The van der Waals surface area contributed by atoms with Crippen LogP contribution in [0.5, 0.6) is 0 Å². The van der Waals surface area contributed by atoms with E-state index in [-0.39, 0.29) is 17.6 Å². The summed E-state index contributed by atoms with van der Waals surface area (Å²) in [5.41, 5.74) is 1.78. The van der Waals surface area contributed by atoms with Gasteiger partial charge in [0.25, 0.3) is 5.91 Å². The molecule has 1 atom stereocenters. The van der Waals surface area contributed by atoms with Crippen LogP contribution in [0.25, 0.3) is 21.9 Å². The van der Waals surface area contributed by atoms with Crippen molar-refractivity contribution in [2.75, 3.05) is 26.8 Å². The monoisotopic (exact) mass is 431 g/mol. The molecule has 1 aliphatic heterocycles. The summed E-state index contributed by atoms with van der Waals surface area (Å²) >= 11 is 0. The molecule has 0 saturated carbocycles. The van der Waals surface area contributed by atoms with E-state index in [0.29, 0.717) is 37.6 Å². The SMILES string of the molecule is COCCn1c(=O)n([C@H]2CCCN(C(=O)c3nccc4ccccc34)C2)c2ncccc21. The summed E-state index contributed by atoms with van der Waals surface area (Å²) in [4.78, 5) is 37.5. The number of imidazole rings is 1. The molecule has 0 spiro atoms. The Hall–Kier alpha value is -3.52. The Balaban J connectivity index is 1.49. The minimum atomic E-state index is -0.142. The molecular weight excluding hydrogens is 406 g/mol. The van der Waals surface area contributed by atoms with Crippen molar-refractivity contribution in [3.8, 4) is 0 Å². The van der Waals surface area contributed by atoms with Crippen LogP contribution in [0, 0.1) is 0 Å². The molecule has 1 saturated heterocycles. The predicted octanol–water partition coefficient (Wildman–Crippen LogP) is 2.87. The molecule has 0 N–H and O–H groups in total. The fraction of sp³-hybridized carbons (Fsp3) is 0.333. The number of hydrogen-bond acceptors (Lipinski definition) is 5. The van der Waals surface area contributed by atoms with Gasteiger partial charge in [-0.05, 0) is 36.4 Å². The van der Waals surface area contributed by atoms with E-state index < -0.39 is 0 Å². The Kier molecular flexibility index (Phi) is 5.45. The normalized spacial score (nSPS) is 16.7. The van der Waals surface area contributed by atoms with E-state index in [1.165, 1.54) is 0 Å². The number of piperidine rings is 1. The second kappa shape index (κ2) is 8.55. The van der Waals surface area contributed by atoms with Gasteiger partial charge in [0.2, 0.25) is 0 Å². The number of carbonyl (C=O) groups excluding carboxylic acids is 1. The lowest BCUT2D eigenvalue weighted by Crippen LogP contribution is -2.43. The molecule has 164 valence electrons. The van der Waals surface area contributed by atoms with Gasteiger partial charge in [0, 0.05) is 38.0 Å². The first-order chi connectivity index (χ1) is 15.7. The van der Waals surface area contributed by atoms with Crippen molar-refractivity contribution < 1.29 is 9.53 Å². The maximum atomic E-state index is 13.4. The van der Waals surface area contributed by atoms with Gasteiger partial charge in [-0.25, -0.2) is 9.78 Å². The number of rotatable bonds is 5. The van der Waals surface area contributed by atoms with E-state index in [4.69, 9.17) is 4.74 Å². The number of pyridine rings is 2. The first-order valence-electron chi connectivity index (χ1n) is 10.9. The number of ether oxygens (including phenoxy) is 1. The topological polar surface area (TPSA) is 82.2 Å². The zero-order chi connectivity index (χ0) is 22.1. The third-order valence-corrected chi connectivity index (χ3v) is 6.17. The molecule has 4 heterocycles. The number of amides is 1. The van der Waals surface area contributed by atoms with Gasteiger partial charge < -0.3 is 9.64 Å². The van der Waals surface area contributed by atoms with Crippen molar-refractivity contribution in [3.63, 3.8) is 0 Å². The fourth-order valence-electron chi connectivity index (χ4n) is 4.63. The highest BCUT2D eigenvalue weighted by atomic mass is 16.5. The summed E-state index contributed by atoms with van der Waals surface area (Å²) in [6.45, 7) is 1.99. The number of hydrogen-bond donors (Lipinski definition) is 0. The molecule has 5 rings (SSSR count). The largest absolute Gasteiger partial charge is 0.383 e. The fourth-order valence-corrected chi connectivity index (χ4v) is 4.63. The first-order valence-corrected chi connectivity index (χ1v) is 10.9. The number of nitrogens with zero attached hydrogens (tertiary/aromatic N) is 5. The molecule has 3 aromatic heterocycles. The van der Waals surface area contributed by atoms with Gasteiger partial charge in [-0.1, -0.05) is 24.3 Å². The molecule has 0 radical (unpaired) electrons. The van der Waals surface area contributed by atoms with E-state index in [9.17, 15) is 9.59 Å². The summed E-state index contributed by atoms with van der Waals surface area (Å²) in [5.74, 6) is -0.101. The van der Waals surface area contributed by atoms with Crippen LogP contribution < -0.4 is 5.69 Å². The Bertz CT molecular complexity index is 1340. The lowest BCUT2D eigenvalue weighted by atomic mass is 10.0. The average Bonchev–Trinajstić information content (AvgIpc) is 3.13. The molecule has 8 heteroatoms. The van der Waals surface area contributed by atoms with Gasteiger partial charge in [-0.2, -0.15) is 0 Å². The summed E-state index contributed by atoms with van der Waals surface area (Å²) < 4.78 is 8.65. The Morgan fingerprint density at radius 1 is 1.12 bits per heavy atom. The Morgan fingerprint density at radius 3 is 2.88 bits per heavy atom. The molecule has 8 nitrogen and oxygen atoms in total. The van der Waals surface area contributed by atoms with E-state index in [1.807, 2.05) is 47.4 Å². The van der Waals surface area contributed by atoms with E-state index in [0.717, 1.165) is 29.1 Å². The van der Waals surface area contributed by atoms with Crippen molar-refractivity contribution >= 4 is 27.8 Å². The van der Waals surface area contributed by atoms with Crippen LogP contribution in [-0.4, -0.2) is 56.7 Å². The molecule has 1 aliphatic rings. The van der Waals surface area contributed by atoms with Gasteiger partial charge in [-0.3, -0.25) is 18.9 Å². The summed E-state index contributed by atoms with van der Waals surface area (Å²) in [6.07, 6.45) is 5.00. The molecule has 1 aromatic carbocycles. The summed E-state index contributed by atoms with van der Waals surface area (Å²) in [5, 5.41) is 1.83. The molecule has 1 fully saturated rings. The highest BCUT2D eigenvalue weighted by molar-refractivity contribution is 6.05. The third kappa shape index (κ3) is 3.46. The lowest BCUT2D eigenvalue weighted by Gasteiger charge is -2.33. The van der Waals surface area contributed by atoms with E-state index in [1.54, 1.807) is 28.6 Å². The van der Waals surface area contributed by atoms with Gasteiger partial charge in [-0.15, -0.1) is 0 Å². The van der Waals surface area contributed by atoms with Crippen molar-refractivity contribution in [3.05, 3.63) is 71.0 Å². The number of carbonyl (C=O) groups is 1. The smallest absolute Gasteiger partial charge is 0.330 e. The van der Waals surface area contributed by atoms with Crippen LogP contribution in [0.15, 0.2) is 59.7 Å². The molecule has 0 bridgehead atoms. The quantitative estimate of drug-likeness (QED) is 0.485. The number of methoxy groups -OCH3 is 1. The van der Waals surface area contributed by atoms with Crippen molar-refractivity contribution in [1.82, 2.24) is 24.0 Å². The van der Waals surface area contributed by atoms with Gasteiger partial charge in [0.15, 0.2) is 5.65 Å². The van der Waals surface area contributed by atoms with Crippen LogP contribution in [0.1, 0.15) is 29.4 Å². The van der Waals surface area contributed by atoms with Crippen molar-refractivity contribution in [1.29, 1.82) is 0 Å². The zero-order valence-electron chi connectivity index (χ0n) is 18.0. The molecular formula is C24H25N5O3. The summed E-state index contributed by atoms with van der Waals surface area (Å²) in [7, 11) is 1.62. The number of likely N-dealkylation sites (tertiary alicyclic amines) is 1. The Morgan fingerprint density at radius 2 is 2.00 bits per heavy atom. The van der Waals surface area contributed by atoms with Crippen LogP contribution in [-0.2, 0) is 11.3 Å². The molecule has 4 aromatic rings. The highest BCUT2D eigenvalue weighted by Gasteiger charge is 2.30. The summed E-state index contributed by atoms with van der Waals surface area (Å²) in [6, 6.07) is 13.3. The number of fused-ring (bicyclic) bond motifs is 2. The molecule has 0 unspecified atom stereocenters. The minimum absolute atomic E-state index is 0.101. The molecule has 32 heavy (non-hydrogen) atoms. The standard InChI is InChI=1S/C24H25N5O3/c1-32-15-14-28-20-9-4-11-26-22(20)29(24(28)31)18-7-5-13-27(16-18)23(30)21-19-8-3-2-6-17(19)10-12-25-21/h2-4,6,8-12,18H,5,7,13-16H2,1H3/t18-/m0/s1. The third-order valence-electron chi connectivity index (χ3n) is 6.17. The van der Waals surface area contributed by atoms with Crippen LogP contribution in [0.4, 0.5) is 0 Å². The van der Waals surface area contributed by atoms with Crippen LogP contribution >= 0.6 is 0 Å². The van der Waals surface area contributed by atoms with Crippen molar-refractivity contribution in [2.24, 2.45) is 0 Å². The maximum absolute atomic E-state index is 13.4. The van der Waals surface area contributed by atoms with E-state index in [2.05, 4.69) is 9.97 Å². The first kappa shape index (κ1) is 20.4. The second-order valence-corrected chi connectivity index (χ2v) is 8.07. The van der Waals surface area contributed by atoms with Crippen LogP contribution in [0.3, 0.4) is 0 Å². The molecule has 0 aliphatic carbocycles. The Labute approximate surface area is 185 Å². The second-order valence-electron chi connectivity index (χ2n) is 8.07. The van der Waals surface area contributed by atoms with Gasteiger partial charge in [0.1, 0.15) is 5.69 Å². The minimum Gasteiger partial charge on any atom is -0.383 e. The zero-order valence-corrected chi connectivity index (χ0v) is 18.0. The number of benzene rings is 1. The lowest BCUT2D eigenvalue weighted by molar-refractivity contribution is 0.0675. The van der Waals surface area contributed by atoms with Gasteiger partial charge in [0.05, 0.1) is 24.7 Å². The van der Waals surface area contributed by atoms with E-state index >= 15 is 0 Å². The van der Waals surface area contributed by atoms with Gasteiger partial charge >= 0.3 is 5.69 Å². The highest BCUT2D eigenvalue weighted by Crippen LogP contribution is 2.26. The maximum Gasteiger partial charge on any atom is 0.330 e.